The second-order valence-corrected chi connectivity index (χ2v) is 6.09. The molecule has 0 saturated heterocycles. The zero-order valence-corrected chi connectivity index (χ0v) is 13.4. The van der Waals surface area contributed by atoms with Gasteiger partial charge in [-0.3, -0.25) is 10.3 Å². The molecule has 23 heavy (non-hydrogen) atoms. The molecule has 2 aromatic heterocycles. The Balaban J connectivity index is 1.59. The van der Waals surface area contributed by atoms with Gasteiger partial charge in [-0.2, -0.15) is 0 Å². The van der Waals surface area contributed by atoms with Crippen molar-refractivity contribution in [2.24, 2.45) is 0 Å². The number of nitrogens with one attached hydrogen (secondary N) is 2. The van der Waals surface area contributed by atoms with Crippen molar-refractivity contribution in [1.29, 1.82) is 0 Å². The van der Waals surface area contributed by atoms with Crippen LogP contribution in [0.15, 0.2) is 48.7 Å². The van der Waals surface area contributed by atoms with Gasteiger partial charge in [0, 0.05) is 29.0 Å². The van der Waals surface area contributed by atoms with E-state index in [4.69, 9.17) is 11.6 Å². The number of rotatable bonds is 4. The maximum absolute atomic E-state index is 11.9. The zero-order valence-electron chi connectivity index (χ0n) is 11.9. The predicted octanol–water partition coefficient (Wildman–Crippen LogP) is 3.82. The van der Waals surface area contributed by atoms with E-state index in [1.807, 2.05) is 18.2 Å². The van der Waals surface area contributed by atoms with Crippen LogP contribution in [0.2, 0.25) is 5.02 Å². The van der Waals surface area contributed by atoms with Crippen molar-refractivity contribution in [2.75, 3.05) is 10.6 Å². The van der Waals surface area contributed by atoms with Gasteiger partial charge in [-0.15, -0.1) is 10.2 Å². The van der Waals surface area contributed by atoms with Crippen LogP contribution in [0.5, 0.6) is 0 Å². The zero-order chi connectivity index (χ0) is 16.1. The number of pyridine rings is 1. The molecule has 0 spiro atoms. The van der Waals surface area contributed by atoms with Crippen molar-refractivity contribution in [3.05, 3.63) is 64.4 Å². The number of carbonyl (C=O) groups excluding carboxylic acids is 1. The van der Waals surface area contributed by atoms with Crippen LogP contribution < -0.4 is 10.6 Å². The Hall–Kier alpha value is -2.51. The van der Waals surface area contributed by atoms with E-state index >= 15 is 0 Å². The molecule has 3 rings (SSSR count). The molecule has 2 N–H and O–H groups in total. The molecule has 0 aliphatic rings. The Morgan fingerprint density at radius 3 is 2.83 bits per heavy atom. The van der Waals surface area contributed by atoms with Gasteiger partial charge in [-0.1, -0.05) is 35.1 Å². The number of halogens is 1. The van der Waals surface area contributed by atoms with Gasteiger partial charge in [-0.05, 0) is 30.3 Å². The Bertz CT molecular complexity index is 808. The summed E-state index contributed by atoms with van der Waals surface area (Å²) >= 11 is 7.18. The van der Waals surface area contributed by atoms with Crippen molar-refractivity contribution in [1.82, 2.24) is 15.2 Å². The van der Waals surface area contributed by atoms with E-state index in [0.29, 0.717) is 22.3 Å². The predicted molar refractivity (Wildman–Crippen MR) is 91.0 cm³/mol. The van der Waals surface area contributed by atoms with Crippen LogP contribution in [-0.4, -0.2) is 21.2 Å². The Morgan fingerprint density at radius 2 is 2.04 bits per heavy atom. The van der Waals surface area contributed by atoms with E-state index in [0.717, 1.165) is 10.7 Å². The first-order chi connectivity index (χ1) is 11.2. The van der Waals surface area contributed by atoms with Gasteiger partial charge in [0.1, 0.15) is 5.01 Å². The summed E-state index contributed by atoms with van der Waals surface area (Å²) in [4.78, 5) is 16.2. The second kappa shape index (κ2) is 7.17. The van der Waals surface area contributed by atoms with Crippen molar-refractivity contribution < 1.29 is 4.79 Å². The molecule has 0 atom stereocenters. The summed E-state index contributed by atoms with van der Waals surface area (Å²) in [7, 11) is 0. The van der Waals surface area contributed by atoms with Gasteiger partial charge < -0.3 is 5.32 Å². The number of carbonyl (C=O) groups is 1. The lowest BCUT2D eigenvalue weighted by Gasteiger charge is -2.04. The highest BCUT2D eigenvalue weighted by Gasteiger charge is 2.09. The van der Waals surface area contributed by atoms with Crippen LogP contribution in [0.25, 0.3) is 0 Å². The molecule has 0 saturated carbocycles. The summed E-state index contributed by atoms with van der Waals surface area (Å²) < 4.78 is 0. The van der Waals surface area contributed by atoms with Crippen LogP contribution in [0.3, 0.4) is 0 Å². The van der Waals surface area contributed by atoms with E-state index < -0.39 is 6.03 Å². The molecule has 2 heterocycles. The third-order valence-corrected chi connectivity index (χ3v) is 3.90. The molecule has 116 valence electrons. The van der Waals surface area contributed by atoms with Gasteiger partial charge in [0.15, 0.2) is 0 Å². The summed E-state index contributed by atoms with van der Waals surface area (Å²) in [6.07, 6.45) is 2.31. The Kier molecular flexibility index (Phi) is 4.80. The number of urea groups is 1. The monoisotopic (exact) mass is 345 g/mol. The molecule has 0 aliphatic carbocycles. The third-order valence-electron chi connectivity index (χ3n) is 2.83. The van der Waals surface area contributed by atoms with E-state index in [9.17, 15) is 4.79 Å². The first-order valence-electron chi connectivity index (χ1n) is 6.75. The molecule has 0 unspecified atom stereocenters. The maximum atomic E-state index is 11.9. The van der Waals surface area contributed by atoms with Crippen LogP contribution >= 0.6 is 22.9 Å². The van der Waals surface area contributed by atoms with Crippen molar-refractivity contribution in [3.8, 4) is 0 Å². The number of hydrogen-bond donors (Lipinski definition) is 2. The second-order valence-electron chi connectivity index (χ2n) is 4.59. The van der Waals surface area contributed by atoms with Gasteiger partial charge in [0.2, 0.25) is 5.13 Å². The van der Waals surface area contributed by atoms with Crippen LogP contribution in [0, 0.1) is 0 Å². The highest BCUT2D eigenvalue weighted by Crippen LogP contribution is 2.19. The smallest absolute Gasteiger partial charge is 0.308 e. The minimum absolute atomic E-state index is 0.396. The fraction of sp³-hybridized carbons (Fsp3) is 0.0667. The van der Waals surface area contributed by atoms with Gasteiger partial charge in [0.25, 0.3) is 0 Å². The molecule has 1 aromatic carbocycles. The normalized spacial score (nSPS) is 10.3. The number of nitrogens with zero attached hydrogens (tertiary/aromatic N) is 3. The van der Waals surface area contributed by atoms with E-state index in [1.165, 1.54) is 11.3 Å². The Morgan fingerprint density at radius 1 is 1.13 bits per heavy atom. The summed E-state index contributed by atoms with van der Waals surface area (Å²) in [6.45, 7) is 0. The van der Waals surface area contributed by atoms with Crippen molar-refractivity contribution >= 4 is 39.8 Å². The largest absolute Gasteiger partial charge is 0.325 e. The summed E-state index contributed by atoms with van der Waals surface area (Å²) in [6, 6.07) is 12.2. The average Bonchev–Trinajstić information content (AvgIpc) is 2.95. The minimum atomic E-state index is -0.396. The fourth-order valence-electron chi connectivity index (χ4n) is 1.86. The van der Waals surface area contributed by atoms with Crippen LogP contribution in [0.4, 0.5) is 15.6 Å². The maximum Gasteiger partial charge on any atom is 0.325 e. The average molecular weight is 346 g/mol. The SMILES string of the molecule is O=C(Nc1cccc(Cl)c1)Nc1nnc(Cc2ccccn2)s1. The van der Waals surface area contributed by atoms with Gasteiger partial charge >= 0.3 is 6.03 Å². The lowest BCUT2D eigenvalue weighted by atomic mass is 10.3. The molecule has 6 nitrogen and oxygen atoms in total. The molecular weight excluding hydrogens is 334 g/mol. The molecule has 0 fully saturated rings. The van der Waals surface area contributed by atoms with Crippen LogP contribution in [0.1, 0.15) is 10.7 Å². The first kappa shape index (κ1) is 15.4. The molecule has 8 heteroatoms. The first-order valence-corrected chi connectivity index (χ1v) is 7.94. The topological polar surface area (TPSA) is 79.8 Å². The van der Waals surface area contributed by atoms with Gasteiger partial charge in [0.05, 0.1) is 0 Å². The number of aromatic nitrogens is 3. The minimum Gasteiger partial charge on any atom is -0.308 e. The number of benzene rings is 1. The Labute approximate surface area is 141 Å². The van der Waals surface area contributed by atoms with E-state index in [1.54, 1.807) is 30.5 Å². The van der Waals surface area contributed by atoms with Gasteiger partial charge in [-0.25, -0.2) is 4.79 Å². The van der Waals surface area contributed by atoms with E-state index in [2.05, 4.69) is 25.8 Å². The summed E-state index contributed by atoms with van der Waals surface area (Å²) in [5.41, 5.74) is 1.51. The number of anilines is 2. The number of amides is 2. The van der Waals surface area contributed by atoms with Crippen molar-refractivity contribution in [2.45, 2.75) is 6.42 Å². The highest BCUT2D eigenvalue weighted by atomic mass is 35.5. The quantitative estimate of drug-likeness (QED) is 0.753. The van der Waals surface area contributed by atoms with Crippen LogP contribution in [-0.2, 0) is 6.42 Å². The lowest BCUT2D eigenvalue weighted by Crippen LogP contribution is -2.19. The molecule has 0 radical (unpaired) electrons. The molecule has 3 aromatic rings. The lowest BCUT2D eigenvalue weighted by molar-refractivity contribution is 0.262. The summed E-state index contributed by atoms with van der Waals surface area (Å²) in [5.74, 6) is 0. The highest BCUT2D eigenvalue weighted by molar-refractivity contribution is 7.15. The molecule has 0 bridgehead atoms. The third kappa shape index (κ3) is 4.48. The molecule has 0 aliphatic heterocycles. The number of hydrogen-bond acceptors (Lipinski definition) is 5. The fourth-order valence-corrected chi connectivity index (χ4v) is 2.80. The van der Waals surface area contributed by atoms with E-state index in [-0.39, 0.29) is 0 Å². The standard InChI is InChI=1S/C15H12ClN5OS/c16-10-4-3-6-12(8-10)18-14(22)19-15-21-20-13(23-15)9-11-5-1-2-7-17-11/h1-8H,9H2,(H2,18,19,21,22). The summed E-state index contributed by atoms with van der Waals surface area (Å²) in [5, 5.41) is 15.1. The van der Waals surface area contributed by atoms with Crippen molar-refractivity contribution in [3.63, 3.8) is 0 Å². The molecular formula is C15H12ClN5OS. The molecule has 2 amide bonds.